The summed E-state index contributed by atoms with van der Waals surface area (Å²) in [5, 5.41) is 10.7. The number of benzene rings is 2. The summed E-state index contributed by atoms with van der Waals surface area (Å²) in [5.41, 5.74) is 2.89. The smallest absolute Gasteiger partial charge is 0.262 e. The minimum atomic E-state index is -0.434. The molecule has 30 heavy (non-hydrogen) atoms. The van der Waals surface area contributed by atoms with Crippen LogP contribution in [0.2, 0.25) is 0 Å². The van der Waals surface area contributed by atoms with E-state index < -0.39 is 5.25 Å². The fourth-order valence-corrected chi connectivity index (χ4v) is 4.67. The van der Waals surface area contributed by atoms with Crippen LogP contribution in [-0.4, -0.2) is 37.3 Å². The fourth-order valence-electron chi connectivity index (χ4n) is 3.67. The molecule has 7 heteroatoms. The first-order valence-corrected chi connectivity index (χ1v) is 10.8. The Hall–Kier alpha value is -2.90. The van der Waals surface area contributed by atoms with Gasteiger partial charge in [0.2, 0.25) is 0 Å². The van der Waals surface area contributed by atoms with Crippen molar-refractivity contribution in [2.24, 2.45) is 0 Å². The zero-order chi connectivity index (χ0) is 21.3. The largest absolute Gasteiger partial charge is 0.396 e. The number of aryl methyl sites for hydroxylation is 1. The number of rotatable bonds is 7. The van der Waals surface area contributed by atoms with Crippen LogP contribution in [0, 0.1) is 6.92 Å². The lowest BCUT2D eigenvalue weighted by molar-refractivity contribution is 0.0995. The lowest BCUT2D eigenvalue weighted by Gasteiger charge is -2.16. The highest BCUT2D eigenvalue weighted by molar-refractivity contribution is 8.00. The van der Waals surface area contributed by atoms with E-state index in [1.807, 2.05) is 44.2 Å². The van der Waals surface area contributed by atoms with Crippen LogP contribution in [-0.2, 0) is 6.54 Å². The molecular weight excluding hydrogens is 398 g/mol. The van der Waals surface area contributed by atoms with Crippen molar-refractivity contribution < 1.29 is 9.90 Å². The molecule has 0 aliphatic heterocycles. The Bertz CT molecular complexity index is 1290. The second-order valence-corrected chi connectivity index (χ2v) is 8.55. The maximum absolute atomic E-state index is 13.3. The summed E-state index contributed by atoms with van der Waals surface area (Å²) in [7, 11) is 0. The molecule has 0 fully saturated rings. The SMILES string of the molecule is Cc1[nH]c2ccccc2c1C(=O)C(C)Sc1nc2ccccc2c(=O)n1CCCO. The van der Waals surface area contributed by atoms with Crippen molar-refractivity contribution in [3.8, 4) is 0 Å². The Morgan fingerprint density at radius 3 is 2.63 bits per heavy atom. The molecule has 0 aliphatic rings. The number of aromatic nitrogens is 3. The van der Waals surface area contributed by atoms with Gasteiger partial charge in [0.05, 0.1) is 16.2 Å². The van der Waals surface area contributed by atoms with Crippen molar-refractivity contribution >= 4 is 39.4 Å². The topological polar surface area (TPSA) is 88.0 Å². The molecule has 2 aromatic heterocycles. The molecule has 0 spiro atoms. The van der Waals surface area contributed by atoms with Gasteiger partial charge < -0.3 is 10.1 Å². The first-order valence-electron chi connectivity index (χ1n) is 9.90. The van der Waals surface area contributed by atoms with Crippen molar-refractivity contribution in [2.45, 2.75) is 37.2 Å². The maximum atomic E-state index is 13.3. The van der Waals surface area contributed by atoms with Crippen LogP contribution < -0.4 is 5.56 Å². The van der Waals surface area contributed by atoms with Crippen LogP contribution in [0.15, 0.2) is 58.5 Å². The number of aliphatic hydroxyl groups excluding tert-OH is 1. The molecule has 1 atom stereocenters. The second kappa shape index (κ2) is 8.45. The Labute approximate surface area is 178 Å². The summed E-state index contributed by atoms with van der Waals surface area (Å²) in [5.74, 6) is -0.00827. The number of ketones is 1. The maximum Gasteiger partial charge on any atom is 0.262 e. The minimum Gasteiger partial charge on any atom is -0.396 e. The lowest BCUT2D eigenvalue weighted by Crippen LogP contribution is -2.25. The van der Waals surface area contributed by atoms with E-state index in [4.69, 9.17) is 0 Å². The molecule has 4 rings (SSSR count). The van der Waals surface area contributed by atoms with Crippen LogP contribution in [0.1, 0.15) is 29.4 Å². The predicted molar refractivity (Wildman–Crippen MR) is 120 cm³/mol. The fraction of sp³-hybridized carbons (Fsp3) is 0.261. The van der Waals surface area contributed by atoms with Crippen molar-refractivity contribution in [2.75, 3.05) is 6.61 Å². The van der Waals surface area contributed by atoms with E-state index in [0.717, 1.165) is 16.6 Å². The van der Waals surface area contributed by atoms with E-state index in [1.54, 1.807) is 22.8 Å². The number of Topliss-reactive ketones (excluding diaryl/α,β-unsaturated/α-hetero) is 1. The molecule has 2 N–H and O–H groups in total. The van der Waals surface area contributed by atoms with Crippen molar-refractivity contribution in [1.82, 2.24) is 14.5 Å². The van der Waals surface area contributed by atoms with Gasteiger partial charge in [-0.15, -0.1) is 0 Å². The highest BCUT2D eigenvalue weighted by Crippen LogP contribution is 2.29. The molecule has 0 aliphatic carbocycles. The summed E-state index contributed by atoms with van der Waals surface area (Å²) >= 11 is 1.28. The third-order valence-electron chi connectivity index (χ3n) is 5.16. The zero-order valence-electron chi connectivity index (χ0n) is 16.9. The lowest BCUT2D eigenvalue weighted by atomic mass is 10.1. The molecule has 154 valence electrons. The molecule has 0 saturated carbocycles. The van der Waals surface area contributed by atoms with E-state index in [0.29, 0.717) is 34.6 Å². The van der Waals surface area contributed by atoms with Gasteiger partial charge in [0, 0.05) is 35.3 Å². The Kier molecular flexibility index (Phi) is 5.74. The van der Waals surface area contributed by atoms with Gasteiger partial charge in [-0.05, 0) is 38.5 Å². The highest BCUT2D eigenvalue weighted by Gasteiger charge is 2.24. The Balaban J connectivity index is 1.73. The second-order valence-electron chi connectivity index (χ2n) is 7.24. The number of hydrogen-bond donors (Lipinski definition) is 2. The summed E-state index contributed by atoms with van der Waals surface area (Å²) < 4.78 is 1.56. The first kappa shape index (κ1) is 20.4. The van der Waals surface area contributed by atoms with Crippen LogP contribution in [0.5, 0.6) is 0 Å². The number of nitrogens with zero attached hydrogens (tertiary/aromatic N) is 2. The number of nitrogens with one attached hydrogen (secondary N) is 1. The molecule has 6 nitrogen and oxygen atoms in total. The number of para-hydroxylation sites is 2. The molecule has 0 amide bonds. The van der Waals surface area contributed by atoms with Crippen LogP contribution in [0.3, 0.4) is 0 Å². The van der Waals surface area contributed by atoms with Crippen LogP contribution in [0.25, 0.3) is 21.8 Å². The van der Waals surface area contributed by atoms with Gasteiger partial charge in [0.25, 0.3) is 5.56 Å². The van der Waals surface area contributed by atoms with E-state index in [2.05, 4.69) is 9.97 Å². The Morgan fingerprint density at radius 1 is 1.17 bits per heavy atom. The number of thioether (sulfide) groups is 1. The molecule has 4 aromatic rings. The molecule has 1 unspecified atom stereocenters. The number of aromatic amines is 1. The molecule has 2 aromatic carbocycles. The van der Waals surface area contributed by atoms with Crippen LogP contribution in [0.4, 0.5) is 0 Å². The Morgan fingerprint density at radius 2 is 1.87 bits per heavy atom. The highest BCUT2D eigenvalue weighted by atomic mass is 32.2. The normalized spacial score (nSPS) is 12.5. The molecule has 0 saturated heterocycles. The summed E-state index contributed by atoms with van der Waals surface area (Å²) in [6.45, 7) is 4.07. The zero-order valence-corrected chi connectivity index (χ0v) is 17.7. The average molecular weight is 422 g/mol. The summed E-state index contributed by atoms with van der Waals surface area (Å²) in [6, 6.07) is 14.9. The van der Waals surface area contributed by atoms with Gasteiger partial charge in [-0.1, -0.05) is 42.1 Å². The molecule has 0 bridgehead atoms. The van der Waals surface area contributed by atoms with Crippen molar-refractivity contribution in [1.29, 1.82) is 0 Å². The van der Waals surface area contributed by atoms with Gasteiger partial charge in [-0.25, -0.2) is 4.98 Å². The van der Waals surface area contributed by atoms with Gasteiger partial charge in [0.15, 0.2) is 10.9 Å². The number of hydrogen-bond acceptors (Lipinski definition) is 5. The van der Waals surface area contributed by atoms with Gasteiger partial charge >= 0.3 is 0 Å². The first-order chi connectivity index (χ1) is 14.5. The van der Waals surface area contributed by atoms with Gasteiger partial charge in [-0.2, -0.15) is 0 Å². The molecule has 2 heterocycles. The molecule has 0 radical (unpaired) electrons. The predicted octanol–water partition coefficient (Wildman–Crippen LogP) is 3.93. The van der Waals surface area contributed by atoms with Gasteiger partial charge in [-0.3, -0.25) is 14.2 Å². The van der Waals surface area contributed by atoms with E-state index in [1.165, 1.54) is 11.8 Å². The van der Waals surface area contributed by atoms with Gasteiger partial charge in [0.1, 0.15) is 0 Å². The number of aliphatic hydroxyl groups is 1. The average Bonchev–Trinajstić information content (AvgIpc) is 3.08. The minimum absolute atomic E-state index is 0.00827. The number of carbonyl (C=O) groups excluding carboxylic acids is 1. The van der Waals surface area contributed by atoms with E-state index in [-0.39, 0.29) is 17.9 Å². The number of H-pyrrole nitrogens is 1. The monoisotopic (exact) mass is 421 g/mol. The van der Waals surface area contributed by atoms with Crippen molar-refractivity contribution in [3.05, 3.63) is 70.1 Å². The quantitative estimate of drug-likeness (QED) is 0.268. The number of fused-ring (bicyclic) bond motifs is 2. The van der Waals surface area contributed by atoms with E-state index in [9.17, 15) is 14.7 Å². The third kappa shape index (κ3) is 3.66. The van der Waals surface area contributed by atoms with Crippen molar-refractivity contribution in [3.63, 3.8) is 0 Å². The summed E-state index contributed by atoms with van der Waals surface area (Å²) in [6.07, 6.45) is 0.442. The van der Waals surface area contributed by atoms with E-state index >= 15 is 0 Å². The number of carbonyl (C=O) groups is 1. The molecular formula is C23H23N3O3S. The standard InChI is InChI=1S/C23H23N3O3S/c1-14-20(16-8-3-5-10-18(16)24-14)21(28)15(2)30-23-25-19-11-6-4-9-17(19)22(29)26(23)12-7-13-27/h3-6,8-11,15,24,27H,7,12-13H2,1-2H3. The third-order valence-corrected chi connectivity index (χ3v) is 6.25. The van der Waals surface area contributed by atoms with Crippen LogP contribution >= 0.6 is 11.8 Å². The summed E-state index contributed by atoms with van der Waals surface area (Å²) in [4.78, 5) is 34.3.